The minimum atomic E-state index is -0.336. The lowest BCUT2D eigenvalue weighted by atomic mass is 10.1. The number of rotatable bonds is 5. The predicted octanol–water partition coefficient (Wildman–Crippen LogP) is 2.79. The predicted molar refractivity (Wildman–Crippen MR) is 92.4 cm³/mol. The zero-order valence-electron chi connectivity index (χ0n) is 12.7. The Balaban J connectivity index is 1.52. The number of carbonyl (C=O) groups is 1. The van der Waals surface area contributed by atoms with Gasteiger partial charge < -0.3 is 5.73 Å². The highest BCUT2D eigenvalue weighted by atomic mass is 32.1. The van der Waals surface area contributed by atoms with Crippen molar-refractivity contribution in [3.05, 3.63) is 44.3 Å². The third-order valence-electron chi connectivity index (χ3n) is 4.30. The number of nitrogens with zero attached hydrogens (tertiary/aromatic N) is 2. The van der Waals surface area contributed by atoms with Crippen LogP contribution in [0.15, 0.2) is 28.3 Å². The molecule has 1 aliphatic heterocycles. The van der Waals surface area contributed by atoms with Crippen molar-refractivity contribution in [2.45, 2.75) is 19.5 Å². The van der Waals surface area contributed by atoms with E-state index in [1.807, 2.05) is 11.4 Å². The molecule has 0 radical (unpaired) electrons. The van der Waals surface area contributed by atoms with Crippen LogP contribution in [0.5, 0.6) is 0 Å². The number of amides is 1. The summed E-state index contributed by atoms with van der Waals surface area (Å²) in [5.41, 5.74) is 7.36. The minimum absolute atomic E-state index is 0.336. The lowest BCUT2D eigenvalue weighted by molar-refractivity contribution is 0.0983. The highest BCUT2D eigenvalue weighted by Gasteiger charge is 2.22. The molecule has 0 aromatic carbocycles. The van der Waals surface area contributed by atoms with Crippen LogP contribution in [0.1, 0.15) is 33.8 Å². The number of primary amides is 1. The van der Waals surface area contributed by atoms with E-state index in [4.69, 9.17) is 5.73 Å². The van der Waals surface area contributed by atoms with Gasteiger partial charge in [0.2, 0.25) is 5.91 Å². The van der Waals surface area contributed by atoms with Gasteiger partial charge in [-0.3, -0.25) is 14.6 Å². The van der Waals surface area contributed by atoms with Crippen molar-refractivity contribution in [2.24, 2.45) is 5.73 Å². The molecular weight excluding hydrogens is 314 g/mol. The molecule has 4 nitrogen and oxygen atoms in total. The summed E-state index contributed by atoms with van der Waals surface area (Å²) in [6, 6.07) is 4.64. The molecule has 1 saturated heterocycles. The third kappa shape index (κ3) is 3.57. The Morgan fingerprint density at radius 1 is 1.32 bits per heavy atom. The van der Waals surface area contributed by atoms with Crippen LogP contribution in [0.4, 0.5) is 0 Å². The van der Waals surface area contributed by atoms with Crippen LogP contribution >= 0.6 is 22.7 Å². The number of hydrogen-bond acceptors (Lipinski definition) is 5. The van der Waals surface area contributed by atoms with Crippen molar-refractivity contribution < 1.29 is 4.79 Å². The summed E-state index contributed by atoms with van der Waals surface area (Å²) >= 11 is 3.39. The summed E-state index contributed by atoms with van der Waals surface area (Å²) in [5, 5.41) is 6.25. The summed E-state index contributed by atoms with van der Waals surface area (Å²) < 4.78 is 0. The van der Waals surface area contributed by atoms with Crippen molar-refractivity contribution in [1.29, 1.82) is 0 Å². The van der Waals surface area contributed by atoms with E-state index in [2.05, 4.69) is 33.6 Å². The van der Waals surface area contributed by atoms with Gasteiger partial charge in [0.05, 0.1) is 5.56 Å². The minimum Gasteiger partial charge on any atom is -0.366 e. The summed E-state index contributed by atoms with van der Waals surface area (Å²) in [4.78, 5) is 17.4. The maximum absolute atomic E-state index is 11.1. The fraction of sp³-hybridized carbons (Fsp3) is 0.438. The monoisotopic (exact) mass is 335 g/mol. The average Bonchev–Trinajstić information content (AvgIpc) is 3.19. The quantitative estimate of drug-likeness (QED) is 0.914. The van der Waals surface area contributed by atoms with E-state index in [-0.39, 0.29) is 5.91 Å². The highest BCUT2D eigenvalue weighted by molar-refractivity contribution is 7.10. The van der Waals surface area contributed by atoms with E-state index in [1.54, 1.807) is 22.7 Å². The molecule has 0 saturated carbocycles. The maximum atomic E-state index is 11.1. The Morgan fingerprint density at radius 2 is 2.09 bits per heavy atom. The van der Waals surface area contributed by atoms with Crippen molar-refractivity contribution in [2.75, 3.05) is 26.2 Å². The fourth-order valence-corrected chi connectivity index (χ4v) is 4.51. The van der Waals surface area contributed by atoms with E-state index >= 15 is 0 Å². The van der Waals surface area contributed by atoms with E-state index in [0.29, 0.717) is 11.6 Å². The molecule has 1 fully saturated rings. The van der Waals surface area contributed by atoms with Crippen LogP contribution in [0.2, 0.25) is 0 Å². The molecule has 118 valence electrons. The van der Waals surface area contributed by atoms with Gasteiger partial charge in [0.25, 0.3) is 0 Å². The maximum Gasteiger partial charge on any atom is 0.249 e. The van der Waals surface area contributed by atoms with Crippen molar-refractivity contribution in [1.82, 2.24) is 9.80 Å². The Kier molecular flexibility index (Phi) is 4.93. The van der Waals surface area contributed by atoms with Gasteiger partial charge in [0.15, 0.2) is 0 Å². The zero-order chi connectivity index (χ0) is 15.5. The van der Waals surface area contributed by atoms with Crippen LogP contribution < -0.4 is 5.73 Å². The van der Waals surface area contributed by atoms with Crippen molar-refractivity contribution in [3.63, 3.8) is 0 Å². The molecule has 2 aromatic rings. The molecule has 1 amide bonds. The van der Waals surface area contributed by atoms with Crippen molar-refractivity contribution in [3.8, 4) is 0 Å². The molecule has 1 aliphatic rings. The van der Waals surface area contributed by atoms with E-state index in [0.717, 1.165) is 32.7 Å². The van der Waals surface area contributed by atoms with Gasteiger partial charge in [-0.05, 0) is 35.4 Å². The topological polar surface area (TPSA) is 49.6 Å². The van der Waals surface area contributed by atoms with E-state index in [1.165, 1.54) is 10.4 Å². The first-order valence-corrected chi connectivity index (χ1v) is 9.31. The molecule has 22 heavy (non-hydrogen) atoms. The molecule has 0 bridgehead atoms. The second kappa shape index (κ2) is 6.91. The molecule has 1 atom stereocenters. The molecule has 3 heterocycles. The molecule has 0 aliphatic carbocycles. The summed E-state index contributed by atoms with van der Waals surface area (Å²) in [6.45, 7) is 7.52. The Bertz CT molecular complexity index is 615. The van der Waals surface area contributed by atoms with E-state index < -0.39 is 0 Å². The Labute approximate surface area is 139 Å². The van der Waals surface area contributed by atoms with Gasteiger partial charge >= 0.3 is 0 Å². The Morgan fingerprint density at radius 3 is 2.68 bits per heavy atom. The molecule has 2 aromatic heterocycles. The number of hydrogen-bond donors (Lipinski definition) is 1. The number of thiophene rings is 2. The zero-order valence-corrected chi connectivity index (χ0v) is 14.3. The number of carbonyl (C=O) groups excluding carboxylic acids is 1. The van der Waals surface area contributed by atoms with Crippen LogP contribution in [0.25, 0.3) is 0 Å². The highest BCUT2D eigenvalue weighted by Crippen LogP contribution is 2.24. The molecule has 2 N–H and O–H groups in total. The van der Waals surface area contributed by atoms with Gasteiger partial charge in [-0.1, -0.05) is 0 Å². The second-order valence-corrected chi connectivity index (χ2v) is 7.49. The first kappa shape index (κ1) is 15.7. The van der Waals surface area contributed by atoms with Gasteiger partial charge in [0, 0.05) is 49.0 Å². The van der Waals surface area contributed by atoms with Crippen LogP contribution in [0, 0.1) is 0 Å². The molecule has 1 unspecified atom stereocenters. The smallest absolute Gasteiger partial charge is 0.249 e. The summed E-state index contributed by atoms with van der Waals surface area (Å²) in [6.07, 6.45) is 0. The second-order valence-electron chi connectivity index (χ2n) is 5.71. The first-order valence-electron chi connectivity index (χ1n) is 7.49. The SMILES string of the molecule is CC(c1ccsc1)N1CCN(Cc2cc(C(N)=O)cs2)CC1. The van der Waals surface area contributed by atoms with Gasteiger partial charge in [0.1, 0.15) is 0 Å². The normalized spacial score (nSPS) is 18.4. The van der Waals surface area contributed by atoms with E-state index in [9.17, 15) is 4.79 Å². The van der Waals surface area contributed by atoms with Gasteiger partial charge in [-0.2, -0.15) is 11.3 Å². The fourth-order valence-electron chi connectivity index (χ4n) is 2.85. The Hall–Kier alpha value is -1.21. The molecule has 0 spiro atoms. The average molecular weight is 335 g/mol. The molecular formula is C16H21N3OS2. The van der Waals surface area contributed by atoms with Crippen molar-refractivity contribution >= 4 is 28.6 Å². The standard InChI is InChI=1S/C16H21N3OS2/c1-12(13-2-7-21-10-13)19-5-3-18(4-6-19)9-15-8-14(11-22-15)16(17)20/h2,7-8,10-12H,3-6,9H2,1H3,(H2,17,20). The lowest BCUT2D eigenvalue weighted by Crippen LogP contribution is -2.46. The van der Waals surface area contributed by atoms with Crippen LogP contribution in [-0.2, 0) is 6.54 Å². The van der Waals surface area contributed by atoms with Gasteiger partial charge in [-0.15, -0.1) is 11.3 Å². The summed E-state index contributed by atoms with van der Waals surface area (Å²) in [5.74, 6) is -0.336. The molecule has 3 rings (SSSR count). The largest absolute Gasteiger partial charge is 0.366 e. The first-order chi connectivity index (χ1) is 10.6. The van der Waals surface area contributed by atoms with Crippen LogP contribution in [-0.4, -0.2) is 41.9 Å². The van der Waals surface area contributed by atoms with Gasteiger partial charge in [-0.25, -0.2) is 0 Å². The third-order valence-corrected chi connectivity index (χ3v) is 5.92. The van der Waals surface area contributed by atoms with Crippen LogP contribution in [0.3, 0.4) is 0 Å². The lowest BCUT2D eigenvalue weighted by Gasteiger charge is -2.37. The number of nitrogens with two attached hydrogens (primary N) is 1. The number of piperazine rings is 1. The summed E-state index contributed by atoms with van der Waals surface area (Å²) in [7, 11) is 0. The molecule has 6 heteroatoms.